The topological polar surface area (TPSA) is 52.0 Å². The van der Waals surface area contributed by atoms with Crippen molar-refractivity contribution in [1.29, 1.82) is 0 Å². The highest BCUT2D eigenvalue weighted by Gasteiger charge is 2.23. The van der Waals surface area contributed by atoms with Crippen LogP contribution in [0.4, 0.5) is 0 Å². The van der Waals surface area contributed by atoms with Crippen molar-refractivity contribution in [3.8, 4) is 0 Å². The first-order chi connectivity index (χ1) is 5.02. The zero-order chi connectivity index (χ0) is 8.48. The first-order valence-electron chi connectivity index (χ1n) is 3.59. The van der Waals surface area contributed by atoms with Crippen molar-refractivity contribution in [1.82, 2.24) is 0 Å². The summed E-state index contributed by atoms with van der Waals surface area (Å²) in [5, 5.41) is 2.01. The van der Waals surface area contributed by atoms with Crippen LogP contribution < -0.4 is 11.5 Å². The summed E-state index contributed by atoms with van der Waals surface area (Å²) >= 11 is 1.65. The van der Waals surface area contributed by atoms with Gasteiger partial charge >= 0.3 is 0 Å². The second-order valence-electron chi connectivity index (χ2n) is 3.31. The molecule has 1 aromatic heterocycles. The van der Waals surface area contributed by atoms with Crippen molar-refractivity contribution in [2.45, 2.75) is 25.4 Å². The van der Waals surface area contributed by atoms with Gasteiger partial charge in [-0.15, -0.1) is 11.3 Å². The molecule has 0 aliphatic heterocycles. The molecule has 1 aromatic rings. The number of rotatable bonds is 2. The molecule has 4 N–H and O–H groups in total. The highest BCUT2D eigenvalue weighted by molar-refractivity contribution is 7.10. The molecule has 0 aliphatic carbocycles. The Balaban J connectivity index is 2.78. The molecule has 3 heteroatoms. The van der Waals surface area contributed by atoms with Gasteiger partial charge in [-0.05, 0) is 25.3 Å². The maximum absolute atomic E-state index is 5.90. The monoisotopic (exact) mass is 170 g/mol. The molecule has 1 rings (SSSR count). The fraction of sp³-hybridized carbons (Fsp3) is 0.500. The molecule has 0 fully saturated rings. The molecule has 11 heavy (non-hydrogen) atoms. The molecule has 1 heterocycles. The van der Waals surface area contributed by atoms with Gasteiger partial charge in [-0.2, -0.15) is 0 Å². The molecule has 1 atom stereocenters. The average Bonchev–Trinajstić information content (AvgIpc) is 2.34. The normalized spacial score (nSPS) is 14.9. The Hall–Kier alpha value is -0.380. The van der Waals surface area contributed by atoms with E-state index in [0.717, 1.165) is 4.88 Å². The molecule has 62 valence electrons. The van der Waals surface area contributed by atoms with Crippen LogP contribution >= 0.6 is 11.3 Å². The van der Waals surface area contributed by atoms with E-state index in [4.69, 9.17) is 11.5 Å². The van der Waals surface area contributed by atoms with E-state index in [1.807, 2.05) is 31.4 Å². The zero-order valence-corrected chi connectivity index (χ0v) is 7.69. The van der Waals surface area contributed by atoms with E-state index in [-0.39, 0.29) is 11.6 Å². The van der Waals surface area contributed by atoms with Crippen molar-refractivity contribution in [2.75, 3.05) is 0 Å². The largest absolute Gasteiger partial charge is 0.324 e. The van der Waals surface area contributed by atoms with Gasteiger partial charge in [-0.1, -0.05) is 6.07 Å². The maximum Gasteiger partial charge on any atom is 0.0567 e. The molecule has 1 unspecified atom stereocenters. The molecule has 0 saturated carbocycles. The van der Waals surface area contributed by atoms with Crippen LogP contribution in [0.5, 0.6) is 0 Å². The van der Waals surface area contributed by atoms with Crippen molar-refractivity contribution >= 4 is 11.3 Å². The summed E-state index contributed by atoms with van der Waals surface area (Å²) in [7, 11) is 0. The van der Waals surface area contributed by atoms with Gasteiger partial charge in [0, 0.05) is 10.4 Å². The third-order valence-corrected chi connectivity index (χ3v) is 2.61. The average molecular weight is 170 g/mol. The summed E-state index contributed by atoms with van der Waals surface area (Å²) in [6, 6.07) is 3.96. The van der Waals surface area contributed by atoms with Gasteiger partial charge in [0.25, 0.3) is 0 Å². The smallest absolute Gasteiger partial charge is 0.0567 e. The summed E-state index contributed by atoms with van der Waals surface area (Å²) in [5.41, 5.74) is 11.4. The van der Waals surface area contributed by atoms with E-state index in [1.165, 1.54) is 0 Å². The quantitative estimate of drug-likeness (QED) is 0.706. The van der Waals surface area contributed by atoms with Gasteiger partial charge in [0.05, 0.1) is 6.04 Å². The molecule has 0 amide bonds. The summed E-state index contributed by atoms with van der Waals surface area (Å²) in [5.74, 6) is 0. The number of nitrogens with two attached hydrogens (primary N) is 2. The van der Waals surface area contributed by atoms with Crippen molar-refractivity contribution in [3.63, 3.8) is 0 Å². The van der Waals surface area contributed by atoms with Crippen LogP contribution in [0.3, 0.4) is 0 Å². The predicted molar refractivity (Wildman–Crippen MR) is 49.5 cm³/mol. The first-order valence-corrected chi connectivity index (χ1v) is 4.47. The lowest BCUT2D eigenvalue weighted by atomic mass is 9.96. The van der Waals surface area contributed by atoms with E-state index in [0.29, 0.717) is 0 Å². The Morgan fingerprint density at radius 2 is 2.18 bits per heavy atom. The molecule has 0 saturated heterocycles. The molecular weight excluding hydrogens is 156 g/mol. The lowest BCUT2D eigenvalue weighted by molar-refractivity contribution is 0.425. The fourth-order valence-electron chi connectivity index (χ4n) is 0.835. The van der Waals surface area contributed by atoms with Crippen molar-refractivity contribution < 1.29 is 0 Å². The van der Waals surface area contributed by atoms with E-state index in [9.17, 15) is 0 Å². The number of hydrogen-bond acceptors (Lipinski definition) is 3. The zero-order valence-electron chi connectivity index (χ0n) is 6.87. The SMILES string of the molecule is CC(C)(N)C(N)c1cccs1. The molecule has 0 aliphatic rings. The lowest BCUT2D eigenvalue weighted by Crippen LogP contribution is -2.43. The second kappa shape index (κ2) is 2.93. The molecule has 2 nitrogen and oxygen atoms in total. The maximum atomic E-state index is 5.90. The minimum absolute atomic E-state index is 0.0532. The second-order valence-corrected chi connectivity index (χ2v) is 4.29. The third kappa shape index (κ3) is 2.02. The molecule has 0 radical (unpaired) electrons. The standard InChI is InChI=1S/C8H14N2S/c1-8(2,10)7(9)6-4-3-5-11-6/h3-5,7H,9-10H2,1-2H3. The summed E-state index contributed by atoms with van der Waals surface area (Å²) in [4.78, 5) is 1.15. The Morgan fingerprint density at radius 3 is 2.55 bits per heavy atom. The van der Waals surface area contributed by atoms with Crippen LogP contribution in [-0.4, -0.2) is 5.54 Å². The van der Waals surface area contributed by atoms with E-state index in [2.05, 4.69) is 0 Å². The van der Waals surface area contributed by atoms with Gasteiger partial charge < -0.3 is 11.5 Å². The predicted octanol–water partition coefficient (Wildman–Crippen LogP) is 1.49. The van der Waals surface area contributed by atoms with Crippen molar-refractivity contribution in [2.24, 2.45) is 11.5 Å². The summed E-state index contributed by atoms with van der Waals surface area (Å²) in [6.45, 7) is 3.88. The summed E-state index contributed by atoms with van der Waals surface area (Å²) < 4.78 is 0. The van der Waals surface area contributed by atoms with Crippen LogP contribution in [0.1, 0.15) is 24.8 Å². The van der Waals surface area contributed by atoms with E-state index < -0.39 is 0 Å². The molecule has 0 aromatic carbocycles. The van der Waals surface area contributed by atoms with Gasteiger partial charge in [0.2, 0.25) is 0 Å². The Morgan fingerprint density at radius 1 is 1.55 bits per heavy atom. The minimum atomic E-state index is -0.329. The van der Waals surface area contributed by atoms with Gasteiger partial charge in [-0.3, -0.25) is 0 Å². The Bertz CT molecular complexity index is 210. The molecular formula is C8H14N2S. The van der Waals surface area contributed by atoms with E-state index in [1.54, 1.807) is 11.3 Å². The first kappa shape index (κ1) is 8.71. The highest BCUT2D eigenvalue weighted by atomic mass is 32.1. The van der Waals surface area contributed by atoms with Crippen LogP contribution in [0.25, 0.3) is 0 Å². The molecule has 0 spiro atoms. The minimum Gasteiger partial charge on any atom is -0.324 e. The Labute approximate surface area is 71.2 Å². The van der Waals surface area contributed by atoms with Gasteiger partial charge in [0.1, 0.15) is 0 Å². The lowest BCUT2D eigenvalue weighted by Gasteiger charge is -2.25. The van der Waals surface area contributed by atoms with Crippen LogP contribution in [0.15, 0.2) is 17.5 Å². The van der Waals surface area contributed by atoms with Gasteiger partial charge in [0.15, 0.2) is 0 Å². The third-order valence-electron chi connectivity index (χ3n) is 1.65. The van der Waals surface area contributed by atoms with Crippen molar-refractivity contribution in [3.05, 3.63) is 22.4 Å². The number of thiophene rings is 1. The van der Waals surface area contributed by atoms with Gasteiger partial charge in [-0.25, -0.2) is 0 Å². The number of hydrogen-bond donors (Lipinski definition) is 2. The Kier molecular flexibility index (Phi) is 2.32. The fourth-order valence-corrected chi connectivity index (χ4v) is 1.76. The van der Waals surface area contributed by atoms with E-state index >= 15 is 0 Å². The van der Waals surface area contributed by atoms with Crippen LogP contribution in [0.2, 0.25) is 0 Å². The summed E-state index contributed by atoms with van der Waals surface area (Å²) in [6.07, 6.45) is 0. The molecule has 0 bridgehead atoms. The highest BCUT2D eigenvalue weighted by Crippen LogP contribution is 2.24. The van der Waals surface area contributed by atoms with Crippen LogP contribution in [0, 0.1) is 0 Å². The van der Waals surface area contributed by atoms with Crippen LogP contribution in [-0.2, 0) is 0 Å².